The predicted molar refractivity (Wildman–Crippen MR) is 60.7 cm³/mol. The molecule has 0 aliphatic carbocycles. The summed E-state index contributed by atoms with van der Waals surface area (Å²) in [5, 5.41) is 0. The molecule has 0 saturated heterocycles. The van der Waals surface area contributed by atoms with Crippen LogP contribution in [0.15, 0.2) is 42.6 Å². The van der Waals surface area contributed by atoms with E-state index < -0.39 is 0 Å². The first-order valence-corrected chi connectivity index (χ1v) is 4.71. The maximum atomic E-state index is 6.92. The molecule has 0 aliphatic heterocycles. The van der Waals surface area contributed by atoms with E-state index in [9.17, 15) is 0 Å². The summed E-state index contributed by atoms with van der Waals surface area (Å²) < 4.78 is 0. The van der Waals surface area contributed by atoms with Crippen molar-refractivity contribution in [1.29, 1.82) is 0 Å². The molecule has 0 atom stereocenters. The number of aryl methyl sites for hydroxylation is 1. The second kappa shape index (κ2) is 3.93. The maximum Gasteiger partial charge on any atom is 0.187 e. The molecule has 2 heteroatoms. The number of pyridine rings is 1. The van der Waals surface area contributed by atoms with Gasteiger partial charge in [-0.3, -0.25) is 4.98 Å². The summed E-state index contributed by atoms with van der Waals surface area (Å²) in [5.41, 5.74) is 3.80. The van der Waals surface area contributed by atoms with E-state index in [1.54, 1.807) is 6.20 Å². The summed E-state index contributed by atoms with van der Waals surface area (Å²) in [6.45, 7) is 8.92. The molecule has 15 heavy (non-hydrogen) atoms. The third-order valence-corrected chi connectivity index (χ3v) is 2.28. The van der Waals surface area contributed by atoms with Gasteiger partial charge in [-0.15, -0.1) is 0 Å². The van der Waals surface area contributed by atoms with Crippen molar-refractivity contribution < 1.29 is 0 Å². The summed E-state index contributed by atoms with van der Waals surface area (Å²) in [4.78, 5) is 7.68. The molecule has 0 N–H and O–H groups in total. The minimum absolute atomic E-state index is 0.673. The quantitative estimate of drug-likeness (QED) is 0.634. The van der Waals surface area contributed by atoms with Crippen LogP contribution in [0.3, 0.4) is 0 Å². The molecule has 1 aromatic heterocycles. The van der Waals surface area contributed by atoms with E-state index in [-0.39, 0.29) is 0 Å². The van der Waals surface area contributed by atoms with Crippen LogP contribution in [0.25, 0.3) is 16.1 Å². The lowest BCUT2D eigenvalue weighted by Crippen LogP contribution is -1.85. The number of hydrogen-bond acceptors (Lipinski definition) is 1. The fourth-order valence-electron chi connectivity index (χ4n) is 1.53. The maximum absolute atomic E-state index is 6.92. The lowest BCUT2D eigenvalue weighted by molar-refractivity contribution is 1.31. The number of nitrogens with zero attached hydrogens (tertiary/aromatic N) is 2. The summed E-state index contributed by atoms with van der Waals surface area (Å²) in [6, 6.07) is 11.5. The fourth-order valence-corrected chi connectivity index (χ4v) is 1.53. The third-order valence-electron chi connectivity index (χ3n) is 2.28. The van der Waals surface area contributed by atoms with Crippen LogP contribution in [0.2, 0.25) is 0 Å². The Morgan fingerprint density at radius 2 is 2.07 bits per heavy atom. The van der Waals surface area contributed by atoms with Gasteiger partial charge in [-0.25, -0.2) is 4.85 Å². The molecule has 2 rings (SSSR count). The van der Waals surface area contributed by atoms with E-state index in [2.05, 4.69) is 9.83 Å². The average molecular weight is 194 g/mol. The largest absolute Gasteiger partial charge is 0.256 e. The fraction of sp³-hybridized carbons (Fsp3) is 0.0769. The van der Waals surface area contributed by atoms with Crippen molar-refractivity contribution >= 4 is 5.69 Å². The van der Waals surface area contributed by atoms with Crippen molar-refractivity contribution in [2.45, 2.75) is 6.92 Å². The van der Waals surface area contributed by atoms with Crippen LogP contribution in [-0.2, 0) is 0 Å². The van der Waals surface area contributed by atoms with E-state index >= 15 is 0 Å². The molecule has 0 spiro atoms. The van der Waals surface area contributed by atoms with Gasteiger partial charge < -0.3 is 0 Å². The molecular formula is C13H10N2. The number of benzene rings is 1. The van der Waals surface area contributed by atoms with E-state index in [4.69, 9.17) is 6.57 Å². The zero-order chi connectivity index (χ0) is 10.7. The lowest BCUT2D eigenvalue weighted by Gasteiger charge is -2.04. The highest BCUT2D eigenvalue weighted by molar-refractivity contribution is 5.67. The highest BCUT2D eigenvalue weighted by Gasteiger charge is 2.02. The first kappa shape index (κ1) is 9.42. The molecule has 1 heterocycles. The SMILES string of the molecule is [C-]#[N+]c1ccc(-c2ccccn2)c(C)c1. The molecule has 2 nitrogen and oxygen atoms in total. The van der Waals surface area contributed by atoms with Gasteiger partial charge in [0.2, 0.25) is 0 Å². The topological polar surface area (TPSA) is 17.2 Å². The van der Waals surface area contributed by atoms with Crippen molar-refractivity contribution in [1.82, 2.24) is 4.98 Å². The van der Waals surface area contributed by atoms with Crippen molar-refractivity contribution in [2.24, 2.45) is 0 Å². The zero-order valence-corrected chi connectivity index (χ0v) is 8.44. The molecule has 72 valence electrons. The Balaban J connectivity index is 2.52. The summed E-state index contributed by atoms with van der Waals surface area (Å²) >= 11 is 0. The van der Waals surface area contributed by atoms with Crippen LogP contribution in [0.5, 0.6) is 0 Å². The highest BCUT2D eigenvalue weighted by Crippen LogP contribution is 2.25. The van der Waals surface area contributed by atoms with Crippen molar-refractivity contribution in [3.05, 3.63) is 59.6 Å². The number of hydrogen-bond donors (Lipinski definition) is 0. The summed E-state index contributed by atoms with van der Waals surface area (Å²) in [5.74, 6) is 0. The van der Waals surface area contributed by atoms with Gasteiger partial charge in [0.1, 0.15) is 0 Å². The van der Waals surface area contributed by atoms with E-state index in [0.717, 1.165) is 16.8 Å². The molecular weight excluding hydrogens is 184 g/mol. The van der Waals surface area contributed by atoms with Crippen LogP contribution >= 0.6 is 0 Å². The molecule has 1 aromatic carbocycles. The zero-order valence-electron chi connectivity index (χ0n) is 8.44. The monoisotopic (exact) mass is 194 g/mol. The Morgan fingerprint density at radius 3 is 2.67 bits per heavy atom. The Kier molecular flexibility index (Phi) is 2.47. The molecule has 0 unspecified atom stereocenters. The summed E-state index contributed by atoms with van der Waals surface area (Å²) in [7, 11) is 0. The smallest absolute Gasteiger partial charge is 0.187 e. The van der Waals surface area contributed by atoms with E-state index in [0.29, 0.717) is 5.69 Å². The molecule has 0 saturated carbocycles. The molecule has 2 aromatic rings. The molecule has 0 bridgehead atoms. The van der Waals surface area contributed by atoms with Crippen LogP contribution in [0, 0.1) is 13.5 Å². The second-order valence-electron chi connectivity index (χ2n) is 3.33. The Morgan fingerprint density at radius 1 is 1.20 bits per heavy atom. The minimum atomic E-state index is 0.673. The van der Waals surface area contributed by atoms with Gasteiger partial charge in [0.25, 0.3) is 0 Å². The van der Waals surface area contributed by atoms with Crippen molar-refractivity contribution in [3.8, 4) is 11.3 Å². The molecule has 0 amide bonds. The average Bonchev–Trinajstić information content (AvgIpc) is 2.30. The van der Waals surface area contributed by atoms with E-state index in [1.807, 2.05) is 43.3 Å². The van der Waals surface area contributed by atoms with Gasteiger partial charge in [-0.1, -0.05) is 29.8 Å². The van der Waals surface area contributed by atoms with Crippen molar-refractivity contribution in [2.75, 3.05) is 0 Å². The van der Waals surface area contributed by atoms with Crippen LogP contribution in [-0.4, -0.2) is 4.98 Å². The third kappa shape index (κ3) is 1.87. The normalized spacial score (nSPS) is 9.60. The Labute approximate surface area is 89.0 Å². The van der Waals surface area contributed by atoms with Gasteiger partial charge in [-0.05, 0) is 19.1 Å². The molecule has 0 radical (unpaired) electrons. The first-order valence-electron chi connectivity index (χ1n) is 4.71. The number of aromatic nitrogens is 1. The van der Waals surface area contributed by atoms with Gasteiger partial charge in [-0.2, -0.15) is 0 Å². The van der Waals surface area contributed by atoms with Crippen LogP contribution < -0.4 is 0 Å². The lowest BCUT2D eigenvalue weighted by atomic mass is 10.0. The number of rotatable bonds is 1. The van der Waals surface area contributed by atoms with Crippen molar-refractivity contribution in [3.63, 3.8) is 0 Å². The second-order valence-corrected chi connectivity index (χ2v) is 3.33. The predicted octanol–water partition coefficient (Wildman–Crippen LogP) is 3.61. The van der Waals surface area contributed by atoms with Gasteiger partial charge in [0, 0.05) is 11.8 Å². The Bertz CT molecular complexity index is 510. The molecule has 0 fully saturated rings. The molecule has 0 aliphatic rings. The minimum Gasteiger partial charge on any atom is -0.256 e. The van der Waals surface area contributed by atoms with Gasteiger partial charge >= 0.3 is 0 Å². The Hall–Kier alpha value is -2.14. The standard InChI is InChI=1S/C13H10N2/c1-10-9-11(14-2)6-7-12(10)13-5-3-4-8-15-13/h3-9H,1H3. The van der Waals surface area contributed by atoms with Gasteiger partial charge in [0.15, 0.2) is 5.69 Å². The first-order chi connectivity index (χ1) is 7.31. The van der Waals surface area contributed by atoms with Gasteiger partial charge in [0.05, 0.1) is 12.3 Å². The van der Waals surface area contributed by atoms with Crippen LogP contribution in [0.4, 0.5) is 5.69 Å². The van der Waals surface area contributed by atoms with E-state index in [1.165, 1.54) is 0 Å². The summed E-state index contributed by atoms with van der Waals surface area (Å²) in [6.07, 6.45) is 1.78. The highest BCUT2D eigenvalue weighted by atomic mass is 14.7. The van der Waals surface area contributed by atoms with Crippen LogP contribution in [0.1, 0.15) is 5.56 Å².